The molecular formula is C65H110O6. The molecule has 0 spiro atoms. The minimum Gasteiger partial charge on any atom is -0.462 e. The molecule has 0 saturated heterocycles. The lowest BCUT2D eigenvalue weighted by molar-refractivity contribution is -0.166. The highest BCUT2D eigenvalue weighted by Crippen LogP contribution is 2.17. The van der Waals surface area contributed by atoms with Gasteiger partial charge < -0.3 is 14.2 Å². The molecule has 0 fully saturated rings. The zero-order valence-corrected chi connectivity index (χ0v) is 46.5. The fraction of sp³-hybridized carbons (Fsp3) is 0.708. The minimum atomic E-state index is -0.844. The first-order valence-electron chi connectivity index (χ1n) is 29.7. The van der Waals surface area contributed by atoms with Gasteiger partial charge in [-0.2, -0.15) is 0 Å². The lowest BCUT2D eigenvalue weighted by Gasteiger charge is -2.18. The van der Waals surface area contributed by atoms with Gasteiger partial charge in [0.1, 0.15) is 13.2 Å². The van der Waals surface area contributed by atoms with Gasteiger partial charge in [-0.15, -0.1) is 0 Å². The van der Waals surface area contributed by atoms with Crippen molar-refractivity contribution in [2.45, 2.75) is 284 Å². The molecule has 0 amide bonds. The number of carbonyl (C=O) groups excluding carboxylic acids is 3. The van der Waals surface area contributed by atoms with Crippen molar-refractivity contribution in [1.29, 1.82) is 0 Å². The van der Waals surface area contributed by atoms with Gasteiger partial charge in [-0.1, -0.05) is 285 Å². The number of unbranched alkanes of at least 4 members (excludes halogenated alkanes) is 26. The fourth-order valence-electron chi connectivity index (χ4n) is 8.24. The van der Waals surface area contributed by atoms with Crippen molar-refractivity contribution in [3.05, 3.63) is 97.2 Å². The molecule has 0 aromatic heterocycles. The zero-order chi connectivity index (χ0) is 51.4. The fourth-order valence-corrected chi connectivity index (χ4v) is 8.24. The first kappa shape index (κ1) is 67.3. The predicted octanol–water partition coefficient (Wildman–Crippen LogP) is 20.1. The van der Waals surface area contributed by atoms with Crippen LogP contribution < -0.4 is 0 Å². The minimum absolute atomic E-state index is 0.127. The third-order valence-corrected chi connectivity index (χ3v) is 12.6. The summed E-state index contributed by atoms with van der Waals surface area (Å²) in [4.78, 5) is 38.0. The summed E-state index contributed by atoms with van der Waals surface area (Å²) in [5, 5.41) is 0. The summed E-state index contributed by atoms with van der Waals surface area (Å²) < 4.78 is 16.7. The van der Waals surface area contributed by atoms with Gasteiger partial charge in [0, 0.05) is 19.3 Å². The van der Waals surface area contributed by atoms with E-state index < -0.39 is 12.1 Å². The third kappa shape index (κ3) is 57.1. The number of esters is 3. The Kier molecular flexibility index (Phi) is 55.9. The highest BCUT2D eigenvalue weighted by molar-refractivity contribution is 5.71. The summed E-state index contributed by atoms with van der Waals surface area (Å²) in [5.41, 5.74) is 0. The van der Waals surface area contributed by atoms with E-state index in [0.717, 1.165) is 70.6 Å². The third-order valence-electron chi connectivity index (χ3n) is 12.6. The lowest BCUT2D eigenvalue weighted by Crippen LogP contribution is -2.30. The summed E-state index contributed by atoms with van der Waals surface area (Å²) in [5.74, 6) is -1.09. The van der Waals surface area contributed by atoms with Crippen LogP contribution in [0.3, 0.4) is 0 Å². The molecule has 0 aliphatic rings. The molecule has 71 heavy (non-hydrogen) atoms. The molecule has 0 aromatic rings. The van der Waals surface area contributed by atoms with E-state index in [2.05, 4.69) is 93.7 Å². The SMILES string of the molecule is CC/C=C\C/C=C\C/C=C\C/C=C\CCC(=O)OCC(COC(=O)CCCCCCCCCCCCCCCCCCCCCCCCCCCCC)OC(=O)CC/C=C\C/C=C\C/C=C\C/C=C\CC. The molecule has 0 aliphatic carbocycles. The maximum Gasteiger partial charge on any atom is 0.306 e. The van der Waals surface area contributed by atoms with Crippen molar-refractivity contribution in [2.24, 2.45) is 0 Å². The average Bonchev–Trinajstić information content (AvgIpc) is 3.37. The summed E-state index contributed by atoms with van der Waals surface area (Å²) in [7, 11) is 0. The van der Waals surface area contributed by atoms with Crippen LogP contribution in [0, 0.1) is 0 Å². The van der Waals surface area contributed by atoms with Crippen LogP contribution in [-0.2, 0) is 28.6 Å². The normalized spacial score (nSPS) is 12.8. The quantitative estimate of drug-likeness (QED) is 0.0261. The van der Waals surface area contributed by atoms with Crippen LogP contribution in [0.1, 0.15) is 278 Å². The van der Waals surface area contributed by atoms with E-state index in [0.29, 0.717) is 19.3 Å². The molecule has 1 unspecified atom stereocenters. The second-order valence-electron chi connectivity index (χ2n) is 19.5. The van der Waals surface area contributed by atoms with E-state index in [-0.39, 0.29) is 38.0 Å². The predicted molar refractivity (Wildman–Crippen MR) is 307 cm³/mol. The monoisotopic (exact) mass is 987 g/mol. The van der Waals surface area contributed by atoms with Crippen molar-refractivity contribution < 1.29 is 28.6 Å². The second-order valence-corrected chi connectivity index (χ2v) is 19.5. The van der Waals surface area contributed by atoms with Gasteiger partial charge in [-0.05, 0) is 70.6 Å². The topological polar surface area (TPSA) is 78.9 Å². The molecule has 0 heterocycles. The van der Waals surface area contributed by atoms with Crippen LogP contribution in [0.4, 0.5) is 0 Å². The molecule has 0 rings (SSSR count). The lowest BCUT2D eigenvalue weighted by atomic mass is 10.0. The molecule has 0 saturated carbocycles. The Morgan fingerprint density at radius 1 is 0.296 bits per heavy atom. The molecule has 406 valence electrons. The average molecular weight is 988 g/mol. The van der Waals surface area contributed by atoms with Crippen LogP contribution in [0.2, 0.25) is 0 Å². The molecule has 0 bridgehead atoms. The standard InChI is InChI=1S/C65H110O6/c1-4-7-10-13-16-19-22-25-26-27-28-29-30-31-32-33-34-35-36-37-38-41-43-46-49-52-55-58-64(67)70-61-62(71-65(68)59-56-53-50-47-44-40-24-21-18-15-12-9-6-3)60-69-63(66)57-54-51-48-45-42-39-23-20-17-14-11-8-5-2/h8-9,11-12,17-18,20-21,39-40,42,44,48,50-51,53,62H,4-7,10,13-16,19,22-38,41,43,45-47,49,52,54-61H2,1-3H3/b11-8-,12-9-,20-17-,21-18-,42-39-,44-40-,51-48-,53-50-. The Bertz CT molecular complexity index is 1410. The van der Waals surface area contributed by atoms with Crippen molar-refractivity contribution in [1.82, 2.24) is 0 Å². The van der Waals surface area contributed by atoms with Gasteiger partial charge in [0.2, 0.25) is 0 Å². The van der Waals surface area contributed by atoms with Crippen molar-refractivity contribution in [2.75, 3.05) is 13.2 Å². The largest absolute Gasteiger partial charge is 0.462 e. The molecule has 0 radical (unpaired) electrons. The van der Waals surface area contributed by atoms with E-state index in [1.807, 2.05) is 24.3 Å². The van der Waals surface area contributed by atoms with Crippen molar-refractivity contribution in [3.8, 4) is 0 Å². The highest BCUT2D eigenvalue weighted by atomic mass is 16.6. The Hall–Kier alpha value is -3.67. The number of hydrogen-bond acceptors (Lipinski definition) is 6. The first-order chi connectivity index (χ1) is 35.0. The Balaban J connectivity index is 4.27. The summed E-state index contributed by atoms with van der Waals surface area (Å²) in [6.45, 7) is 6.30. The van der Waals surface area contributed by atoms with Gasteiger partial charge in [0.05, 0.1) is 0 Å². The zero-order valence-electron chi connectivity index (χ0n) is 46.5. The molecule has 1 atom stereocenters. The van der Waals surface area contributed by atoms with Crippen molar-refractivity contribution in [3.63, 3.8) is 0 Å². The molecule has 0 N–H and O–H groups in total. The maximum absolute atomic E-state index is 12.8. The van der Waals surface area contributed by atoms with Gasteiger partial charge in [0.25, 0.3) is 0 Å². The van der Waals surface area contributed by atoms with Gasteiger partial charge >= 0.3 is 17.9 Å². The molecule has 0 aliphatic heterocycles. The van der Waals surface area contributed by atoms with E-state index >= 15 is 0 Å². The van der Waals surface area contributed by atoms with E-state index in [4.69, 9.17) is 14.2 Å². The smallest absolute Gasteiger partial charge is 0.306 e. The van der Waals surface area contributed by atoms with Crippen LogP contribution in [-0.4, -0.2) is 37.2 Å². The second kappa shape index (κ2) is 58.9. The van der Waals surface area contributed by atoms with Gasteiger partial charge in [0.15, 0.2) is 6.10 Å². The molecule has 0 aromatic carbocycles. The first-order valence-corrected chi connectivity index (χ1v) is 29.7. The number of hydrogen-bond donors (Lipinski definition) is 0. The van der Waals surface area contributed by atoms with Crippen molar-refractivity contribution >= 4 is 17.9 Å². The summed E-state index contributed by atoms with van der Waals surface area (Å²) in [6.07, 6.45) is 78.9. The molecule has 6 nitrogen and oxygen atoms in total. The van der Waals surface area contributed by atoms with E-state index in [9.17, 15) is 14.4 Å². The van der Waals surface area contributed by atoms with Gasteiger partial charge in [-0.25, -0.2) is 0 Å². The van der Waals surface area contributed by atoms with Crippen LogP contribution in [0.25, 0.3) is 0 Å². The molecular weight excluding hydrogens is 877 g/mol. The maximum atomic E-state index is 12.8. The van der Waals surface area contributed by atoms with E-state index in [1.165, 1.54) is 154 Å². The van der Waals surface area contributed by atoms with Crippen LogP contribution >= 0.6 is 0 Å². The van der Waals surface area contributed by atoms with E-state index in [1.54, 1.807) is 0 Å². The summed E-state index contributed by atoms with van der Waals surface area (Å²) >= 11 is 0. The Morgan fingerprint density at radius 3 is 0.859 bits per heavy atom. The number of rotatable bonds is 53. The Morgan fingerprint density at radius 2 is 0.549 bits per heavy atom. The number of carbonyl (C=O) groups is 3. The van der Waals surface area contributed by atoms with Gasteiger partial charge in [-0.3, -0.25) is 14.4 Å². The van der Waals surface area contributed by atoms with Crippen LogP contribution in [0.5, 0.6) is 0 Å². The Labute approximate surface area is 438 Å². The highest BCUT2D eigenvalue weighted by Gasteiger charge is 2.19. The number of ether oxygens (including phenoxy) is 3. The van der Waals surface area contributed by atoms with Crippen LogP contribution in [0.15, 0.2) is 97.2 Å². The molecule has 6 heteroatoms. The summed E-state index contributed by atoms with van der Waals surface area (Å²) in [6, 6.07) is 0. The number of allylic oxidation sites excluding steroid dienone is 16.